The number of hydrogen-bond acceptors (Lipinski definition) is 2. The molecular formula is C8H18N2. The molecule has 1 fully saturated rings. The van der Waals surface area contributed by atoms with Gasteiger partial charge in [-0.2, -0.15) is 0 Å². The van der Waals surface area contributed by atoms with E-state index in [2.05, 4.69) is 18.9 Å². The van der Waals surface area contributed by atoms with Gasteiger partial charge in [0, 0.05) is 12.1 Å². The molecule has 0 aromatic heterocycles. The van der Waals surface area contributed by atoms with Crippen LogP contribution in [0.4, 0.5) is 0 Å². The molecule has 0 spiro atoms. The molecule has 0 aromatic rings. The van der Waals surface area contributed by atoms with E-state index in [9.17, 15) is 0 Å². The molecule has 1 aliphatic rings. The third kappa shape index (κ3) is 1.96. The Morgan fingerprint density at radius 1 is 1.70 bits per heavy atom. The number of hydrogen-bond donors (Lipinski definition) is 1. The molecule has 1 rings (SSSR count). The van der Waals surface area contributed by atoms with Crippen LogP contribution in [0.15, 0.2) is 0 Å². The molecule has 0 amide bonds. The summed E-state index contributed by atoms with van der Waals surface area (Å²) in [5, 5.41) is 0. The molecule has 0 saturated carbocycles. The maximum atomic E-state index is 5.71. The molecule has 2 atom stereocenters. The van der Waals surface area contributed by atoms with Gasteiger partial charge in [0.25, 0.3) is 0 Å². The minimum atomic E-state index is 0.366. The molecule has 2 heteroatoms. The lowest BCUT2D eigenvalue weighted by molar-refractivity contribution is 0.285. The summed E-state index contributed by atoms with van der Waals surface area (Å²) in [5.41, 5.74) is 5.71. The molecule has 1 aliphatic heterocycles. The Kier molecular flexibility index (Phi) is 2.69. The normalized spacial score (nSPS) is 30.9. The average Bonchev–Trinajstić information content (AvgIpc) is 2.15. The van der Waals surface area contributed by atoms with Gasteiger partial charge >= 0.3 is 0 Å². The van der Waals surface area contributed by atoms with Crippen molar-refractivity contribution >= 4 is 0 Å². The molecular weight excluding hydrogens is 124 g/mol. The maximum absolute atomic E-state index is 5.71. The first-order chi connectivity index (χ1) is 4.70. The zero-order valence-electron chi connectivity index (χ0n) is 7.01. The van der Waals surface area contributed by atoms with Crippen LogP contribution in [0.25, 0.3) is 0 Å². The van der Waals surface area contributed by atoms with Gasteiger partial charge in [0.2, 0.25) is 0 Å². The summed E-state index contributed by atoms with van der Waals surface area (Å²) in [6.45, 7) is 3.35. The Hall–Kier alpha value is -0.0800. The Morgan fingerprint density at radius 3 is 2.80 bits per heavy atom. The Bertz CT molecular complexity index is 101. The monoisotopic (exact) mass is 142 g/mol. The number of nitrogens with two attached hydrogens (primary N) is 1. The first kappa shape index (κ1) is 8.02. The third-order valence-corrected chi connectivity index (χ3v) is 2.32. The second kappa shape index (κ2) is 3.35. The van der Waals surface area contributed by atoms with Crippen molar-refractivity contribution in [2.45, 2.75) is 38.3 Å². The zero-order valence-corrected chi connectivity index (χ0v) is 7.01. The van der Waals surface area contributed by atoms with Crippen molar-refractivity contribution in [3.8, 4) is 0 Å². The molecule has 2 N–H and O–H groups in total. The van der Waals surface area contributed by atoms with Crippen molar-refractivity contribution in [1.29, 1.82) is 0 Å². The fourth-order valence-corrected chi connectivity index (χ4v) is 1.71. The zero-order chi connectivity index (χ0) is 7.56. The van der Waals surface area contributed by atoms with E-state index in [4.69, 9.17) is 5.73 Å². The first-order valence-corrected chi connectivity index (χ1v) is 4.16. The number of likely N-dealkylation sites (tertiary alicyclic amines) is 1. The van der Waals surface area contributed by atoms with Crippen molar-refractivity contribution in [2.75, 3.05) is 13.6 Å². The van der Waals surface area contributed by atoms with Crippen LogP contribution in [-0.4, -0.2) is 30.6 Å². The quantitative estimate of drug-likeness (QED) is 0.618. The lowest BCUT2D eigenvalue weighted by Crippen LogP contribution is -2.31. The van der Waals surface area contributed by atoms with Crippen molar-refractivity contribution in [3.63, 3.8) is 0 Å². The third-order valence-electron chi connectivity index (χ3n) is 2.32. The van der Waals surface area contributed by atoms with E-state index in [-0.39, 0.29) is 0 Å². The lowest BCUT2D eigenvalue weighted by Gasteiger charge is -2.20. The molecule has 10 heavy (non-hydrogen) atoms. The van der Waals surface area contributed by atoms with Crippen LogP contribution in [0.1, 0.15) is 26.2 Å². The van der Waals surface area contributed by atoms with Gasteiger partial charge in [-0.25, -0.2) is 0 Å². The highest BCUT2D eigenvalue weighted by Crippen LogP contribution is 2.18. The smallest absolute Gasteiger partial charge is 0.0107 e. The fraction of sp³-hybridized carbons (Fsp3) is 1.00. The second-order valence-electron chi connectivity index (χ2n) is 3.49. The Labute approximate surface area is 63.4 Å². The summed E-state index contributed by atoms with van der Waals surface area (Å²) >= 11 is 0. The minimum Gasteiger partial charge on any atom is -0.328 e. The van der Waals surface area contributed by atoms with Crippen molar-refractivity contribution in [3.05, 3.63) is 0 Å². The first-order valence-electron chi connectivity index (χ1n) is 4.16. The minimum absolute atomic E-state index is 0.366. The predicted octanol–water partition coefficient (Wildman–Crippen LogP) is 0.818. The van der Waals surface area contributed by atoms with E-state index < -0.39 is 0 Å². The molecule has 0 radical (unpaired) electrons. The fourth-order valence-electron chi connectivity index (χ4n) is 1.71. The summed E-state index contributed by atoms with van der Waals surface area (Å²) in [7, 11) is 2.19. The Balaban J connectivity index is 2.26. The van der Waals surface area contributed by atoms with E-state index in [0.717, 1.165) is 12.5 Å². The molecule has 0 aliphatic carbocycles. The van der Waals surface area contributed by atoms with Gasteiger partial charge in [0.05, 0.1) is 0 Å². The molecule has 1 saturated heterocycles. The standard InChI is InChI=1S/C8H18N2/c1-7(9)6-8-4-3-5-10(8)2/h7-8H,3-6,9H2,1-2H3/t7-,8+/m1/s1. The molecule has 0 unspecified atom stereocenters. The number of nitrogens with zero attached hydrogens (tertiary/aromatic N) is 1. The number of rotatable bonds is 2. The van der Waals surface area contributed by atoms with Crippen LogP contribution in [-0.2, 0) is 0 Å². The SMILES string of the molecule is C[C@@H](N)C[C@@H]1CCCN1C. The molecule has 60 valence electrons. The molecule has 0 aromatic carbocycles. The van der Waals surface area contributed by atoms with Gasteiger partial charge in [-0.15, -0.1) is 0 Å². The summed E-state index contributed by atoms with van der Waals surface area (Å²) in [5.74, 6) is 0. The highest BCUT2D eigenvalue weighted by molar-refractivity contribution is 4.78. The van der Waals surface area contributed by atoms with Gasteiger partial charge in [-0.3, -0.25) is 0 Å². The van der Waals surface area contributed by atoms with Crippen molar-refractivity contribution in [1.82, 2.24) is 4.90 Å². The predicted molar refractivity (Wildman–Crippen MR) is 43.9 cm³/mol. The maximum Gasteiger partial charge on any atom is 0.0107 e. The van der Waals surface area contributed by atoms with Crippen LogP contribution in [0.3, 0.4) is 0 Å². The van der Waals surface area contributed by atoms with Crippen LogP contribution < -0.4 is 5.73 Å². The van der Waals surface area contributed by atoms with Gasteiger partial charge < -0.3 is 10.6 Å². The highest BCUT2D eigenvalue weighted by atomic mass is 15.1. The Morgan fingerprint density at radius 2 is 2.40 bits per heavy atom. The molecule has 1 heterocycles. The topological polar surface area (TPSA) is 29.3 Å². The average molecular weight is 142 g/mol. The van der Waals surface area contributed by atoms with E-state index in [0.29, 0.717) is 6.04 Å². The lowest BCUT2D eigenvalue weighted by atomic mass is 10.1. The van der Waals surface area contributed by atoms with Gasteiger partial charge in [0.15, 0.2) is 0 Å². The van der Waals surface area contributed by atoms with E-state index in [1.54, 1.807) is 0 Å². The van der Waals surface area contributed by atoms with E-state index in [1.165, 1.54) is 19.4 Å². The van der Waals surface area contributed by atoms with Gasteiger partial charge in [-0.1, -0.05) is 0 Å². The van der Waals surface area contributed by atoms with Crippen LogP contribution in [0, 0.1) is 0 Å². The second-order valence-corrected chi connectivity index (χ2v) is 3.49. The highest BCUT2D eigenvalue weighted by Gasteiger charge is 2.21. The van der Waals surface area contributed by atoms with Crippen LogP contribution in [0.2, 0.25) is 0 Å². The molecule has 0 bridgehead atoms. The summed E-state index contributed by atoms with van der Waals surface area (Å²) < 4.78 is 0. The summed E-state index contributed by atoms with van der Waals surface area (Å²) in [6, 6.07) is 1.13. The van der Waals surface area contributed by atoms with E-state index in [1.807, 2.05) is 0 Å². The molecule has 2 nitrogen and oxygen atoms in total. The van der Waals surface area contributed by atoms with Crippen LogP contribution in [0.5, 0.6) is 0 Å². The van der Waals surface area contributed by atoms with Gasteiger partial charge in [0.1, 0.15) is 0 Å². The van der Waals surface area contributed by atoms with E-state index >= 15 is 0 Å². The largest absolute Gasteiger partial charge is 0.328 e. The van der Waals surface area contributed by atoms with Crippen molar-refractivity contribution < 1.29 is 0 Å². The van der Waals surface area contributed by atoms with Gasteiger partial charge in [-0.05, 0) is 39.8 Å². The summed E-state index contributed by atoms with van der Waals surface area (Å²) in [4.78, 5) is 2.42. The van der Waals surface area contributed by atoms with Crippen LogP contribution >= 0.6 is 0 Å². The van der Waals surface area contributed by atoms with Crippen molar-refractivity contribution in [2.24, 2.45) is 5.73 Å². The summed E-state index contributed by atoms with van der Waals surface area (Å²) in [6.07, 6.45) is 3.86.